The normalized spacial score (nSPS) is 18.2. The topological polar surface area (TPSA) is 49.6 Å². The number of nitrogens with zero attached hydrogens (tertiary/aromatic N) is 3. The molecule has 25 heavy (non-hydrogen) atoms. The molecule has 1 aromatic carbocycles. The van der Waals surface area contributed by atoms with E-state index < -0.39 is 0 Å². The second-order valence-corrected chi connectivity index (χ2v) is 7.04. The number of benzene rings is 1. The number of oxazole rings is 1. The molecule has 4 rings (SSSR count). The van der Waals surface area contributed by atoms with Gasteiger partial charge in [0.2, 0.25) is 5.91 Å². The molecule has 0 N–H and O–H groups in total. The number of fused-ring (bicyclic) bond motifs is 1. The Bertz CT molecular complexity index is 720. The summed E-state index contributed by atoms with van der Waals surface area (Å²) in [5.74, 6) is 1.93. The molecule has 1 amide bonds. The molecule has 1 saturated heterocycles. The first-order valence-corrected chi connectivity index (χ1v) is 9.29. The number of amides is 1. The minimum absolute atomic E-state index is 0.222. The van der Waals surface area contributed by atoms with Crippen molar-refractivity contribution in [2.45, 2.75) is 38.6 Å². The Kier molecular flexibility index (Phi) is 4.83. The highest BCUT2D eigenvalue weighted by atomic mass is 16.4. The lowest BCUT2D eigenvalue weighted by molar-refractivity contribution is -0.133. The summed E-state index contributed by atoms with van der Waals surface area (Å²) in [6.07, 6.45) is 5.19. The second-order valence-electron chi connectivity index (χ2n) is 7.04. The molecule has 2 aliphatic heterocycles. The third kappa shape index (κ3) is 3.93. The lowest BCUT2D eigenvalue weighted by atomic mass is 10.1. The van der Waals surface area contributed by atoms with Crippen LogP contribution in [-0.4, -0.2) is 46.9 Å². The largest absolute Gasteiger partial charge is 0.445 e. The zero-order valence-electron chi connectivity index (χ0n) is 14.6. The van der Waals surface area contributed by atoms with E-state index in [-0.39, 0.29) is 5.91 Å². The molecule has 2 aromatic rings. The molecule has 0 bridgehead atoms. The predicted octanol–water partition coefficient (Wildman–Crippen LogP) is 2.64. The monoisotopic (exact) mass is 339 g/mol. The maximum absolute atomic E-state index is 12.6. The zero-order chi connectivity index (χ0) is 17.1. The number of piperidine rings is 1. The first-order chi connectivity index (χ1) is 12.3. The van der Waals surface area contributed by atoms with Crippen molar-refractivity contribution in [3.05, 3.63) is 53.2 Å². The Hall–Kier alpha value is -2.14. The van der Waals surface area contributed by atoms with E-state index in [9.17, 15) is 4.79 Å². The van der Waals surface area contributed by atoms with Gasteiger partial charge in [-0.15, -0.1) is 0 Å². The molecule has 132 valence electrons. The van der Waals surface area contributed by atoms with Crippen LogP contribution < -0.4 is 0 Å². The molecule has 0 aliphatic carbocycles. The van der Waals surface area contributed by atoms with Gasteiger partial charge in [0.1, 0.15) is 11.5 Å². The van der Waals surface area contributed by atoms with Crippen molar-refractivity contribution < 1.29 is 9.21 Å². The fraction of sp³-hybridized carbons (Fsp3) is 0.500. The van der Waals surface area contributed by atoms with Gasteiger partial charge in [-0.25, -0.2) is 4.98 Å². The molecule has 0 saturated carbocycles. The van der Waals surface area contributed by atoms with E-state index in [0.717, 1.165) is 43.4 Å². The molecule has 0 unspecified atom stereocenters. The summed E-state index contributed by atoms with van der Waals surface area (Å²) in [7, 11) is 0. The lowest BCUT2D eigenvalue weighted by Gasteiger charge is -2.30. The van der Waals surface area contributed by atoms with Gasteiger partial charge in [-0.05, 0) is 31.5 Å². The standard InChI is InChI=1S/C20H25N3O2/c24-20(15-22-10-5-2-6-11-22)23-12-9-18-17(14-23)21-19(25-18)13-16-7-3-1-4-8-16/h1,3-4,7-8H,2,5-6,9-15H2. The van der Waals surface area contributed by atoms with Crippen LogP contribution in [0.4, 0.5) is 0 Å². The van der Waals surface area contributed by atoms with E-state index in [1.807, 2.05) is 23.1 Å². The van der Waals surface area contributed by atoms with Crippen LogP contribution in [0, 0.1) is 0 Å². The zero-order valence-corrected chi connectivity index (χ0v) is 14.6. The first-order valence-electron chi connectivity index (χ1n) is 9.29. The van der Waals surface area contributed by atoms with E-state index in [2.05, 4.69) is 22.0 Å². The Morgan fingerprint density at radius 3 is 2.68 bits per heavy atom. The maximum atomic E-state index is 12.6. The highest BCUT2D eigenvalue weighted by Gasteiger charge is 2.26. The molecule has 1 aromatic heterocycles. The van der Waals surface area contributed by atoms with Crippen LogP contribution in [0.15, 0.2) is 34.7 Å². The van der Waals surface area contributed by atoms with Gasteiger partial charge < -0.3 is 9.32 Å². The molecular weight excluding hydrogens is 314 g/mol. The first kappa shape index (κ1) is 16.3. The van der Waals surface area contributed by atoms with E-state index in [0.29, 0.717) is 19.5 Å². The summed E-state index contributed by atoms with van der Waals surface area (Å²) in [4.78, 5) is 21.5. The van der Waals surface area contributed by atoms with Crippen molar-refractivity contribution in [3.63, 3.8) is 0 Å². The lowest BCUT2D eigenvalue weighted by Crippen LogP contribution is -2.44. The molecule has 0 radical (unpaired) electrons. The van der Waals surface area contributed by atoms with E-state index >= 15 is 0 Å². The highest BCUT2D eigenvalue weighted by molar-refractivity contribution is 5.78. The van der Waals surface area contributed by atoms with Crippen molar-refractivity contribution in [1.29, 1.82) is 0 Å². The van der Waals surface area contributed by atoms with Gasteiger partial charge >= 0.3 is 0 Å². The number of carbonyl (C=O) groups is 1. The summed E-state index contributed by atoms with van der Waals surface area (Å²) >= 11 is 0. The third-order valence-electron chi connectivity index (χ3n) is 5.13. The number of aromatic nitrogens is 1. The van der Waals surface area contributed by atoms with Crippen LogP contribution in [0.2, 0.25) is 0 Å². The van der Waals surface area contributed by atoms with Gasteiger partial charge in [-0.2, -0.15) is 0 Å². The van der Waals surface area contributed by atoms with Gasteiger partial charge in [0.15, 0.2) is 5.89 Å². The number of rotatable bonds is 4. The maximum Gasteiger partial charge on any atom is 0.237 e. The Labute approximate surface area is 148 Å². The number of likely N-dealkylation sites (tertiary alicyclic amines) is 1. The smallest absolute Gasteiger partial charge is 0.237 e. The minimum atomic E-state index is 0.222. The fourth-order valence-electron chi connectivity index (χ4n) is 3.72. The molecule has 0 spiro atoms. The van der Waals surface area contributed by atoms with Crippen LogP contribution in [0.1, 0.15) is 42.2 Å². The van der Waals surface area contributed by atoms with E-state index in [1.54, 1.807) is 0 Å². The van der Waals surface area contributed by atoms with Crippen molar-refractivity contribution in [2.24, 2.45) is 0 Å². The van der Waals surface area contributed by atoms with Crippen LogP contribution in [-0.2, 0) is 24.2 Å². The van der Waals surface area contributed by atoms with Crippen LogP contribution in [0.25, 0.3) is 0 Å². The number of hydrogen-bond acceptors (Lipinski definition) is 4. The fourth-order valence-corrected chi connectivity index (χ4v) is 3.72. The quantitative estimate of drug-likeness (QED) is 0.859. The van der Waals surface area contributed by atoms with Crippen LogP contribution in [0.5, 0.6) is 0 Å². The van der Waals surface area contributed by atoms with Crippen molar-refractivity contribution >= 4 is 5.91 Å². The van der Waals surface area contributed by atoms with Gasteiger partial charge in [0, 0.05) is 19.4 Å². The molecule has 1 fully saturated rings. The minimum Gasteiger partial charge on any atom is -0.445 e. The molecular formula is C20H25N3O2. The summed E-state index contributed by atoms with van der Waals surface area (Å²) in [5, 5.41) is 0. The molecule has 3 heterocycles. The van der Waals surface area contributed by atoms with Gasteiger partial charge in [-0.3, -0.25) is 9.69 Å². The average Bonchev–Trinajstić information content (AvgIpc) is 3.04. The Morgan fingerprint density at radius 1 is 1.08 bits per heavy atom. The molecule has 2 aliphatic rings. The van der Waals surface area contributed by atoms with Crippen molar-refractivity contribution in [2.75, 3.05) is 26.2 Å². The molecule has 5 nitrogen and oxygen atoms in total. The summed E-state index contributed by atoms with van der Waals surface area (Å²) in [6.45, 7) is 3.97. The number of carbonyl (C=O) groups excluding carboxylic acids is 1. The Balaban J connectivity index is 1.38. The van der Waals surface area contributed by atoms with Gasteiger partial charge in [-0.1, -0.05) is 36.8 Å². The predicted molar refractivity (Wildman–Crippen MR) is 95.2 cm³/mol. The second kappa shape index (κ2) is 7.40. The van der Waals surface area contributed by atoms with Crippen molar-refractivity contribution in [3.8, 4) is 0 Å². The van der Waals surface area contributed by atoms with Crippen molar-refractivity contribution in [1.82, 2.24) is 14.8 Å². The van der Waals surface area contributed by atoms with Gasteiger partial charge in [0.25, 0.3) is 0 Å². The summed E-state index contributed by atoms with van der Waals surface area (Å²) < 4.78 is 5.93. The SMILES string of the molecule is O=C(CN1CCCCC1)N1CCc2oc(Cc3ccccc3)nc2C1. The van der Waals surface area contributed by atoms with E-state index in [4.69, 9.17) is 4.42 Å². The van der Waals surface area contributed by atoms with Crippen LogP contribution in [0.3, 0.4) is 0 Å². The van der Waals surface area contributed by atoms with E-state index in [1.165, 1.54) is 24.8 Å². The average molecular weight is 339 g/mol. The van der Waals surface area contributed by atoms with Crippen LogP contribution >= 0.6 is 0 Å². The van der Waals surface area contributed by atoms with Gasteiger partial charge in [0.05, 0.1) is 13.1 Å². The third-order valence-corrected chi connectivity index (χ3v) is 5.13. The summed E-state index contributed by atoms with van der Waals surface area (Å²) in [5.41, 5.74) is 2.13. The molecule has 5 heteroatoms. The number of hydrogen-bond donors (Lipinski definition) is 0. The summed E-state index contributed by atoms with van der Waals surface area (Å²) in [6, 6.07) is 10.2. The highest BCUT2D eigenvalue weighted by Crippen LogP contribution is 2.22. The Morgan fingerprint density at radius 2 is 1.88 bits per heavy atom. The molecule has 0 atom stereocenters.